The van der Waals surface area contributed by atoms with Crippen molar-refractivity contribution in [3.05, 3.63) is 64.5 Å². The lowest BCUT2D eigenvalue weighted by atomic mass is 10.2. The smallest absolute Gasteiger partial charge is 0.122 e. The van der Waals surface area contributed by atoms with Crippen LogP contribution in [-0.4, -0.2) is 0 Å². The molecule has 90 valence electrons. The number of rotatable bonds is 3. The minimum Gasteiger partial charge on any atom is -0.488 e. The number of hydrogen-bond donors (Lipinski definition) is 0. The Morgan fingerprint density at radius 1 is 1.00 bits per heavy atom. The van der Waals surface area contributed by atoms with E-state index in [1.54, 1.807) is 11.3 Å². The van der Waals surface area contributed by atoms with E-state index < -0.39 is 0 Å². The summed E-state index contributed by atoms with van der Waals surface area (Å²) in [6.45, 7) is 0.598. The molecule has 0 N–H and O–H groups in total. The summed E-state index contributed by atoms with van der Waals surface area (Å²) in [7, 11) is 0. The second kappa shape index (κ2) is 5.01. The van der Waals surface area contributed by atoms with E-state index >= 15 is 0 Å². The fourth-order valence-electron chi connectivity index (χ4n) is 1.80. The number of fused-ring (bicyclic) bond motifs is 1. The summed E-state index contributed by atoms with van der Waals surface area (Å²) < 4.78 is 6.93. The Kier molecular flexibility index (Phi) is 3.22. The fourth-order valence-corrected chi connectivity index (χ4v) is 3.06. The monoisotopic (exact) mass is 274 g/mol. The van der Waals surface area contributed by atoms with E-state index in [4.69, 9.17) is 16.3 Å². The molecule has 0 aliphatic heterocycles. The van der Waals surface area contributed by atoms with Gasteiger partial charge in [0, 0.05) is 14.6 Å². The van der Waals surface area contributed by atoms with Gasteiger partial charge in [0.15, 0.2) is 0 Å². The van der Waals surface area contributed by atoms with E-state index in [2.05, 4.69) is 6.07 Å². The van der Waals surface area contributed by atoms with Gasteiger partial charge in [0.25, 0.3) is 0 Å². The largest absolute Gasteiger partial charge is 0.488 e. The number of hydrogen-bond acceptors (Lipinski definition) is 2. The molecule has 1 heterocycles. The molecular formula is C15H11ClOS. The van der Waals surface area contributed by atoms with Crippen molar-refractivity contribution in [3.63, 3.8) is 0 Å². The maximum absolute atomic E-state index is 5.98. The topological polar surface area (TPSA) is 9.23 Å². The zero-order valence-electron chi connectivity index (χ0n) is 9.60. The third-order valence-electron chi connectivity index (χ3n) is 2.66. The standard InChI is InChI=1S/C15H11ClOS/c16-12-7-6-11-8-14(18-15(11)9-12)10-17-13-4-2-1-3-5-13/h1-9H,10H2. The molecule has 0 amide bonds. The van der Waals surface area contributed by atoms with Gasteiger partial charge in [-0.2, -0.15) is 0 Å². The van der Waals surface area contributed by atoms with Crippen molar-refractivity contribution in [2.24, 2.45) is 0 Å². The first-order chi connectivity index (χ1) is 8.81. The van der Waals surface area contributed by atoms with Gasteiger partial charge in [-0.25, -0.2) is 0 Å². The molecule has 0 saturated heterocycles. The van der Waals surface area contributed by atoms with E-state index in [1.807, 2.05) is 48.5 Å². The van der Waals surface area contributed by atoms with Gasteiger partial charge in [0.1, 0.15) is 12.4 Å². The molecule has 0 aliphatic rings. The summed E-state index contributed by atoms with van der Waals surface area (Å²) >= 11 is 7.70. The molecule has 0 unspecified atom stereocenters. The zero-order chi connectivity index (χ0) is 12.4. The SMILES string of the molecule is Clc1ccc2cc(COc3ccccc3)sc2c1. The van der Waals surface area contributed by atoms with Crippen LogP contribution in [0.1, 0.15) is 4.88 Å². The minimum atomic E-state index is 0.598. The summed E-state index contributed by atoms with van der Waals surface area (Å²) in [5.74, 6) is 0.896. The molecule has 0 bridgehead atoms. The Morgan fingerprint density at radius 3 is 2.67 bits per heavy atom. The zero-order valence-corrected chi connectivity index (χ0v) is 11.2. The maximum atomic E-state index is 5.98. The Morgan fingerprint density at radius 2 is 1.83 bits per heavy atom. The van der Waals surface area contributed by atoms with Crippen molar-refractivity contribution in [1.82, 2.24) is 0 Å². The average molecular weight is 275 g/mol. The van der Waals surface area contributed by atoms with Crippen LogP contribution >= 0.6 is 22.9 Å². The number of thiophene rings is 1. The van der Waals surface area contributed by atoms with Gasteiger partial charge in [-0.3, -0.25) is 0 Å². The van der Waals surface area contributed by atoms with Crippen molar-refractivity contribution in [2.75, 3.05) is 0 Å². The molecule has 0 fully saturated rings. The van der Waals surface area contributed by atoms with Crippen LogP contribution in [0.25, 0.3) is 10.1 Å². The van der Waals surface area contributed by atoms with Crippen molar-refractivity contribution in [2.45, 2.75) is 6.61 Å². The van der Waals surface area contributed by atoms with Gasteiger partial charge in [-0.1, -0.05) is 35.9 Å². The first-order valence-electron chi connectivity index (χ1n) is 5.67. The molecule has 0 radical (unpaired) electrons. The molecule has 0 spiro atoms. The summed E-state index contributed by atoms with van der Waals surface area (Å²) in [5.41, 5.74) is 0. The average Bonchev–Trinajstić information content (AvgIpc) is 2.79. The maximum Gasteiger partial charge on any atom is 0.122 e. The number of para-hydroxylation sites is 1. The van der Waals surface area contributed by atoms with Gasteiger partial charge in [0.2, 0.25) is 0 Å². The highest BCUT2D eigenvalue weighted by Gasteiger charge is 2.03. The molecule has 18 heavy (non-hydrogen) atoms. The molecule has 3 aromatic rings. The first-order valence-corrected chi connectivity index (χ1v) is 6.86. The summed E-state index contributed by atoms with van der Waals surface area (Å²) in [4.78, 5) is 1.20. The Balaban J connectivity index is 1.79. The van der Waals surface area contributed by atoms with Gasteiger partial charge >= 0.3 is 0 Å². The molecule has 0 atom stereocenters. The van der Waals surface area contributed by atoms with E-state index in [0.717, 1.165) is 10.8 Å². The summed E-state index contributed by atoms with van der Waals surface area (Å²) in [6, 6.07) is 18.0. The number of halogens is 1. The quantitative estimate of drug-likeness (QED) is 0.643. The van der Waals surface area contributed by atoms with E-state index in [-0.39, 0.29) is 0 Å². The van der Waals surface area contributed by atoms with Crippen molar-refractivity contribution in [3.8, 4) is 5.75 Å². The van der Waals surface area contributed by atoms with Crippen LogP contribution < -0.4 is 4.74 Å². The van der Waals surface area contributed by atoms with Crippen LogP contribution in [-0.2, 0) is 6.61 Å². The van der Waals surface area contributed by atoms with E-state index in [1.165, 1.54) is 15.0 Å². The summed E-state index contributed by atoms with van der Waals surface area (Å²) in [5, 5.41) is 2.00. The second-order valence-electron chi connectivity index (χ2n) is 4.00. The Hall–Kier alpha value is -1.51. The predicted octanol–water partition coefficient (Wildman–Crippen LogP) is 5.13. The second-order valence-corrected chi connectivity index (χ2v) is 5.60. The molecular weight excluding hydrogens is 264 g/mol. The molecule has 3 rings (SSSR count). The van der Waals surface area contributed by atoms with Gasteiger partial charge in [-0.05, 0) is 35.7 Å². The highest BCUT2D eigenvalue weighted by molar-refractivity contribution is 7.19. The normalized spacial score (nSPS) is 10.7. The van der Waals surface area contributed by atoms with Crippen LogP contribution in [0.2, 0.25) is 5.02 Å². The van der Waals surface area contributed by atoms with Crippen LogP contribution in [0.3, 0.4) is 0 Å². The lowest BCUT2D eigenvalue weighted by Crippen LogP contribution is -1.91. The molecule has 2 aromatic carbocycles. The van der Waals surface area contributed by atoms with Crippen LogP contribution in [0, 0.1) is 0 Å². The van der Waals surface area contributed by atoms with E-state index in [0.29, 0.717) is 6.61 Å². The Labute approximate surface area is 115 Å². The third-order valence-corrected chi connectivity index (χ3v) is 3.96. The van der Waals surface area contributed by atoms with Gasteiger partial charge in [-0.15, -0.1) is 11.3 Å². The molecule has 0 saturated carbocycles. The van der Waals surface area contributed by atoms with Gasteiger partial charge in [0.05, 0.1) is 0 Å². The molecule has 0 aliphatic carbocycles. The van der Waals surface area contributed by atoms with Crippen molar-refractivity contribution < 1.29 is 4.74 Å². The molecule has 3 heteroatoms. The molecule has 1 nitrogen and oxygen atoms in total. The molecule has 1 aromatic heterocycles. The lowest BCUT2D eigenvalue weighted by molar-refractivity contribution is 0.310. The third kappa shape index (κ3) is 2.50. The first kappa shape index (κ1) is 11.6. The highest BCUT2D eigenvalue weighted by Crippen LogP contribution is 2.28. The van der Waals surface area contributed by atoms with Crippen LogP contribution in [0.15, 0.2) is 54.6 Å². The predicted molar refractivity (Wildman–Crippen MR) is 77.6 cm³/mol. The number of ether oxygens (including phenoxy) is 1. The lowest BCUT2D eigenvalue weighted by Gasteiger charge is -2.02. The minimum absolute atomic E-state index is 0.598. The van der Waals surface area contributed by atoms with Crippen molar-refractivity contribution >= 4 is 33.0 Å². The van der Waals surface area contributed by atoms with Gasteiger partial charge < -0.3 is 4.74 Å². The number of benzene rings is 2. The fraction of sp³-hybridized carbons (Fsp3) is 0.0667. The van der Waals surface area contributed by atoms with Crippen LogP contribution in [0.4, 0.5) is 0 Å². The summed E-state index contributed by atoms with van der Waals surface area (Å²) in [6.07, 6.45) is 0. The Bertz CT molecular complexity index is 661. The van der Waals surface area contributed by atoms with Crippen LogP contribution in [0.5, 0.6) is 5.75 Å². The highest BCUT2D eigenvalue weighted by atomic mass is 35.5. The van der Waals surface area contributed by atoms with E-state index in [9.17, 15) is 0 Å². The van der Waals surface area contributed by atoms with Crippen molar-refractivity contribution in [1.29, 1.82) is 0 Å².